The molecule has 0 amide bonds. The molecule has 2 nitrogen and oxygen atoms in total. The molecule has 15 rings (SSSR count). The Labute approximate surface area is 390 Å². The summed E-state index contributed by atoms with van der Waals surface area (Å²) in [6.45, 7) is 0. The monoisotopic (exact) mass is 862 g/mol. The van der Waals surface area contributed by atoms with Crippen LogP contribution in [0, 0.1) is 0 Å². The summed E-state index contributed by atoms with van der Waals surface area (Å²) in [7, 11) is 0. The van der Waals surface area contributed by atoms with E-state index in [2.05, 4.69) is 231 Å². The molecule has 0 atom stereocenters. The van der Waals surface area contributed by atoms with Crippen LogP contribution in [-0.2, 0) is 0 Å². The molecule has 0 spiro atoms. The Morgan fingerprint density at radius 2 is 0.574 bits per heavy atom. The van der Waals surface area contributed by atoms with Crippen molar-refractivity contribution in [2.45, 2.75) is 0 Å². The molecule has 0 unspecified atom stereocenters. The van der Waals surface area contributed by atoms with Crippen LogP contribution in [0.2, 0.25) is 0 Å². The molecule has 0 saturated heterocycles. The summed E-state index contributed by atoms with van der Waals surface area (Å²) < 4.78 is 14.2. The highest BCUT2D eigenvalue weighted by Gasteiger charge is 2.27. The summed E-state index contributed by atoms with van der Waals surface area (Å²) in [6, 6.07) is 84.3. The molecule has 0 aliphatic rings. The maximum Gasteiger partial charge on any atom is 0.143 e. The molecule has 2 heterocycles. The molecule has 13 aromatic carbocycles. The molecule has 0 fully saturated rings. The van der Waals surface area contributed by atoms with Crippen LogP contribution >= 0.6 is 0 Å². The molecule has 314 valence electrons. The highest BCUT2D eigenvalue weighted by molar-refractivity contribution is 6.36. The third kappa shape index (κ3) is 5.34. The molecule has 0 saturated carbocycles. The fourth-order valence-electron chi connectivity index (χ4n) is 11.6. The van der Waals surface area contributed by atoms with Gasteiger partial charge in [-0.1, -0.05) is 182 Å². The van der Waals surface area contributed by atoms with Crippen molar-refractivity contribution in [2.24, 2.45) is 0 Å². The number of rotatable bonds is 4. The van der Waals surface area contributed by atoms with E-state index in [1.54, 1.807) is 0 Å². The minimum atomic E-state index is 0.879. The Morgan fingerprint density at radius 1 is 0.206 bits per heavy atom. The van der Waals surface area contributed by atoms with Gasteiger partial charge < -0.3 is 8.83 Å². The fraction of sp³-hybridized carbons (Fsp3) is 0. The number of furan rings is 2. The van der Waals surface area contributed by atoms with Gasteiger partial charge in [-0.3, -0.25) is 0 Å². The van der Waals surface area contributed by atoms with E-state index in [1.807, 2.05) is 0 Å². The maximum absolute atomic E-state index is 7.08. The number of fused-ring (bicyclic) bond motifs is 16. The first-order valence-corrected chi connectivity index (χ1v) is 23.4. The van der Waals surface area contributed by atoms with Crippen LogP contribution in [0.5, 0.6) is 0 Å². The number of benzene rings is 13. The first-order chi connectivity index (χ1) is 33.7. The van der Waals surface area contributed by atoms with Gasteiger partial charge in [-0.05, 0) is 147 Å². The predicted molar refractivity (Wildman–Crippen MR) is 288 cm³/mol. The SMILES string of the molecule is c1ccc(-c2c(-c3ccc4ccccc4c3)c3ccc4c5ccccc5oc4c3c3cc4c(cc23)c(-c2ccccc2)c(-c2ccc3ccccc3c2)c2ccc3c5ccccc5oc3c24)cc1. The molecule has 68 heavy (non-hydrogen) atoms. The van der Waals surface area contributed by atoms with Crippen LogP contribution in [0.4, 0.5) is 0 Å². The minimum Gasteiger partial charge on any atom is -0.455 e. The van der Waals surface area contributed by atoms with E-state index in [0.29, 0.717) is 0 Å². The van der Waals surface area contributed by atoms with Gasteiger partial charge in [0, 0.05) is 32.3 Å². The molecule has 0 aliphatic heterocycles. The van der Waals surface area contributed by atoms with Gasteiger partial charge >= 0.3 is 0 Å². The zero-order chi connectivity index (χ0) is 44.5. The van der Waals surface area contributed by atoms with E-state index in [9.17, 15) is 0 Å². The van der Waals surface area contributed by atoms with Gasteiger partial charge in [0.15, 0.2) is 0 Å². The van der Waals surface area contributed by atoms with Crippen LogP contribution in [0.1, 0.15) is 0 Å². The van der Waals surface area contributed by atoms with E-state index in [0.717, 1.165) is 109 Å². The first kappa shape index (κ1) is 37.3. The summed E-state index contributed by atoms with van der Waals surface area (Å²) in [6.07, 6.45) is 0. The molecule has 0 aliphatic carbocycles. The second-order valence-corrected chi connectivity index (χ2v) is 18.2. The smallest absolute Gasteiger partial charge is 0.143 e. The summed E-state index contributed by atoms with van der Waals surface area (Å²) in [5.41, 5.74) is 12.9. The average molecular weight is 863 g/mol. The van der Waals surface area contributed by atoms with E-state index in [-0.39, 0.29) is 0 Å². The van der Waals surface area contributed by atoms with Crippen LogP contribution in [0.3, 0.4) is 0 Å². The van der Waals surface area contributed by atoms with Crippen LogP contribution in [-0.4, -0.2) is 0 Å². The average Bonchev–Trinajstić information content (AvgIpc) is 3.98. The van der Waals surface area contributed by atoms with Crippen molar-refractivity contribution in [1.82, 2.24) is 0 Å². The van der Waals surface area contributed by atoms with E-state index in [1.165, 1.54) is 43.8 Å². The summed E-state index contributed by atoms with van der Waals surface area (Å²) in [5.74, 6) is 0. The summed E-state index contributed by atoms with van der Waals surface area (Å²) in [5, 5.41) is 18.3. The largest absolute Gasteiger partial charge is 0.455 e. The quantitative estimate of drug-likeness (QED) is 0.130. The summed E-state index contributed by atoms with van der Waals surface area (Å²) in [4.78, 5) is 0. The van der Waals surface area contributed by atoms with Crippen LogP contribution in [0.15, 0.2) is 239 Å². The van der Waals surface area contributed by atoms with Gasteiger partial charge in [0.05, 0.1) is 0 Å². The molecular weight excluding hydrogens is 825 g/mol. The molecule has 2 aromatic heterocycles. The predicted octanol–water partition coefficient (Wildman–Crippen LogP) is 19.1. The third-order valence-electron chi connectivity index (χ3n) is 14.6. The van der Waals surface area contributed by atoms with Crippen LogP contribution < -0.4 is 0 Å². The maximum atomic E-state index is 7.08. The minimum absolute atomic E-state index is 0.879. The highest BCUT2D eigenvalue weighted by atomic mass is 16.3. The van der Waals surface area contributed by atoms with Crippen molar-refractivity contribution in [3.05, 3.63) is 231 Å². The van der Waals surface area contributed by atoms with Crippen molar-refractivity contribution in [1.29, 1.82) is 0 Å². The Morgan fingerprint density at radius 3 is 1.04 bits per heavy atom. The molecule has 0 N–H and O–H groups in total. The van der Waals surface area contributed by atoms with Crippen LogP contribution in [0.25, 0.3) is 153 Å². The van der Waals surface area contributed by atoms with Gasteiger partial charge in [-0.15, -0.1) is 0 Å². The van der Waals surface area contributed by atoms with E-state index in [4.69, 9.17) is 8.83 Å². The Hall–Kier alpha value is -8.98. The van der Waals surface area contributed by atoms with Gasteiger partial charge in [0.1, 0.15) is 22.3 Å². The van der Waals surface area contributed by atoms with Crippen molar-refractivity contribution in [2.75, 3.05) is 0 Å². The van der Waals surface area contributed by atoms with Gasteiger partial charge in [0.2, 0.25) is 0 Å². The normalized spacial score (nSPS) is 12.1. The van der Waals surface area contributed by atoms with Crippen molar-refractivity contribution >= 4 is 109 Å². The molecular formula is C66H38O2. The fourth-order valence-corrected chi connectivity index (χ4v) is 11.6. The lowest BCUT2D eigenvalue weighted by Crippen LogP contribution is -1.96. The zero-order valence-electron chi connectivity index (χ0n) is 36.8. The second kappa shape index (κ2) is 14.3. The van der Waals surface area contributed by atoms with Gasteiger partial charge in [-0.2, -0.15) is 0 Å². The number of hydrogen-bond donors (Lipinski definition) is 0. The number of para-hydroxylation sites is 2. The Kier molecular flexibility index (Phi) is 7.81. The lowest BCUT2D eigenvalue weighted by atomic mass is 9.80. The first-order valence-electron chi connectivity index (χ1n) is 23.4. The molecule has 0 radical (unpaired) electrons. The number of hydrogen-bond acceptors (Lipinski definition) is 2. The highest BCUT2D eigenvalue weighted by Crippen LogP contribution is 2.53. The van der Waals surface area contributed by atoms with Gasteiger partial charge in [-0.25, -0.2) is 0 Å². The Bertz CT molecular complexity index is 4300. The van der Waals surface area contributed by atoms with E-state index < -0.39 is 0 Å². The molecule has 15 aromatic rings. The van der Waals surface area contributed by atoms with E-state index >= 15 is 0 Å². The molecule has 2 heteroatoms. The van der Waals surface area contributed by atoms with Crippen molar-refractivity contribution in [3.8, 4) is 44.5 Å². The van der Waals surface area contributed by atoms with Crippen molar-refractivity contribution < 1.29 is 8.83 Å². The topological polar surface area (TPSA) is 26.3 Å². The summed E-state index contributed by atoms with van der Waals surface area (Å²) >= 11 is 0. The third-order valence-corrected chi connectivity index (χ3v) is 14.6. The Balaban J connectivity index is 1.23. The standard InChI is InChI=1S/C66H38O2/c1-3-17-41(18-4-1)59-53-37-54-56(38-55(53)63-51(33-31-49-47-23-11-13-25-57(47)67-65(49)63)61(59)45-29-27-39-15-7-9-21-43(39)35-45)64-52(34-32-50-48-24-12-14-26-58(48)68-66(50)64)62(60(54)42-19-5-2-6-20-42)46-30-28-40-16-8-10-22-44(40)36-46/h1-38H. The lowest BCUT2D eigenvalue weighted by Gasteiger charge is -2.23. The molecule has 0 bridgehead atoms. The zero-order valence-corrected chi connectivity index (χ0v) is 36.8. The van der Waals surface area contributed by atoms with Crippen molar-refractivity contribution in [3.63, 3.8) is 0 Å². The second-order valence-electron chi connectivity index (χ2n) is 18.2. The van der Waals surface area contributed by atoms with Gasteiger partial charge in [0.25, 0.3) is 0 Å². The lowest BCUT2D eigenvalue weighted by molar-refractivity contribution is 0.672.